The average Bonchev–Trinajstić information content (AvgIpc) is 2.76. The van der Waals surface area contributed by atoms with Crippen LogP contribution in [0.4, 0.5) is 5.69 Å². The number of nitrogens with two attached hydrogens (primary N) is 1. The minimum Gasteiger partial charge on any atom is -0.386 e. The number of nitriles is 1. The number of rotatable bonds is 7. The molecule has 1 unspecified atom stereocenters. The first-order valence-corrected chi connectivity index (χ1v) is 11.3. The smallest absolute Gasteiger partial charge is 0.253 e. The SMILES string of the molecule is CC1(N[C@H]2CCC(N/C=C(\C(=N)Nc3ccc(Cl)cc3)C(N)=O)[C@@H](C#N)C2)CCOCC1. The number of amides is 1. The molecule has 1 aliphatic carbocycles. The highest BCUT2D eigenvalue weighted by Crippen LogP contribution is 2.29. The van der Waals surface area contributed by atoms with Crippen molar-refractivity contribution in [2.24, 2.45) is 11.7 Å². The first-order valence-electron chi connectivity index (χ1n) is 10.9. The normalized spacial score (nSPS) is 25.4. The van der Waals surface area contributed by atoms with Gasteiger partial charge in [-0.25, -0.2) is 0 Å². The summed E-state index contributed by atoms with van der Waals surface area (Å²) in [5.41, 5.74) is 6.19. The average molecular weight is 459 g/mol. The van der Waals surface area contributed by atoms with Crippen LogP contribution in [0, 0.1) is 22.7 Å². The number of nitrogens with one attached hydrogen (secondary N) is 4. The quantitative estimate of drug-likeness (QED) is 0.242. The second-order valence-corrected chi connectivity index (χ2v) is 9.20. The van der Waals surface area contributed by atoms with Crippen molar-refractivity contribution in [3.63, 3.8) is 0 Å². The molecule has 1 aromatic carbocycles. The van der Waals surface area contributed by atoms with Gasteiger partial charge in [0.1, 0.15) is 5.84 Å². The molecule has 3 atom stereocenters. The highest BCUT2D eigenvalue weighted by Gasteiger charge is 2.35. The maximum absolute atomic E-state index is 11.9. The number of amidine groups is 1. The fourth-order valence-electron chi connectivity index (χ4n) is 4.30. The number of carbonyl (C=O) groups excluding carboxylic acids is 1. The first kappa shape index (κ1) is 24.1. The lowest BCUT2D eigenvalue weighted by Gasteiger charge is -2.41. The van der Waals surface area contributed by atoms with Gasteiger partial charge in [0.05, 0.1) is 17.6 Å². The van der Waals surface area contributed by atoms with Crippen molar-refractivity contribution in [3.05, 3.63) is 41.1 Å². The summed E-state index contributed by atoms with van der Waals surface area (Å²) >= 11 is 5.88. The largest absolute Gasteiger partial charge is 0.386 e. The van der Waals surface area contributed by atoms with Crippen LogP contribution in [0.15, 0.2) is 36.0 Å². The van der Waals surface area contributed by atoms with Gasteiger partial charge in [0, 0.05) is 47.7 Å². The molecule has 9 heteroatoms. The first-order chi connectivity index (χ1) is 15.3. The van der Waals surface area contributed by atoms with Crippen LogP contribution >= 0.6 is 11.6 Å². The Balaban J connectivity index is 1.60. The lowest BCUT2D eigenvalue weighted by molar-refractivity contribution is -0.114. The zero-order valence-electron chi connectivity index (χ0n) is 18.3. The van der Waals surface area contributed by atoms with Crippen LogP contribution < -0.4 is 21.7 Å². The van der Waals surface area contributed by atoms with Crippen molar-refractivity contribution in [3.8, 4) is 6.07 Å². The highest BCUT2D eigenvalue weighted by molar-refractivity contribution is 6.30. The van der Waals surface area contributed by atoms with E-state index in [1.807, 2.05) is 0 Å². The molecule has 0 radical (unpaired) electrons. The third-order valence-electron chi connectivity index (χ3n) is 6.26. The summed E-state index contributed by atoms with van der Waals surface area (Å²) in [6.45, 7) is 3.75. The molecule has 0 spiro atoms. The number of primary amides is 1. The molecule has 1 heterocycles. The molecule has 6 N–H and O–H groups in total. The molecule has 172 valence electrons. The van der Waals surface area contributed by atoms with E-state index < -0.39 is 5.91 Å². The Morgan fingerprint density at radius 1 is 1.31 bits per heavy atom. The summed E-state index contributed by atoms with van der Waals surface area (Å²) in [6, 6.07) is 9.36. The van der Waals surface area contributed by atoms with Crippen molar-refractivity contribution in [1.82, 2.24) is 10.6 Å². The van der Waals surface area contributed by atoms with E-state index in [9.17, 15) is 10.1 Å². The standard InChI is InChI=1S/C23H31ClN6O2/c1-23(8-10-32-11-9-23)30-18-6-7-20(15(12-18)13-25)28-14-19(22(27)31)21(26)29-17-4-2-16(24)3-5-17/h2-5,14-15,18,20,28,30H,6-12H2,1H3,(H2,26,29)(H2,27,31)/b19-14+/t15-,18+,20?/m1/s1. The molecule has 8 nitrogen and oxygen atoms in total. The molecular weight excluding hydrogens is 428 g/mol. The van der Waals surface area contributed by atoms with Crippen LogP contribution in [0.25, 0.3) is 0 Å². The Morgan fingerprint density at radius 2 is 2.00 bits per heavy atom. The van der Waals surface area contributed by atoms with E-state index in [-0.39, 0.29) is 34.9 Å². The molecule has 1 aliphatic heterocycles. The molecule has 32 heavy (non-hydrogen) atoms. The van der Waals surface area contributed by atoms with Gasteiger partial charge in [0.25, 0.3) is 5.91 Å². The Hall–Kier alpha value is -2.60. The van der Waals surface area contributed by atoms with Gasteiger partial charge in [-0.2, -0.15) is 5.26 Å². The maximum Gasteiger partial charge on any atom is 0.253 e. The van der Waals surface area contributed by atoms with E-state index in [0.29, 0.717) is 10.7 Å². The zero-order valence-corrected chi connectivity index (χ0v) is 19.0. The number of nitrogens with zero attached hydrogens (tertiary/aromatic N) is 1. The highest BCUT2D eigenvalue weighted by atomic mass is 35.5. The van der Waals surface area contributed by atoms with Crippen molar-refractivity contribution in [2.75, 3.05) is 18.5 Å². The molecule has 2 aliphatic rings. The van der Waals surface area contributed by atoms with Gasteiger partial charge < -0.3 is 26.4 Å². The number of ether oxygens (including phenoxy) is 1. The molecule has 1 amide bonds. The molecule has 0 bridgehead atoms. The monoisotopic (exact) mass is 458 g/mol. The van der Waals surface area contributed by atoms with Crippen LogP contribution in [-0.2, 0) is 9.53 Å². The number of halogens is 1. The van der Waals surface area contributed by atoms with Gasteiger partial charge in [-0.3, -0.25) is 10.2 Å². The second kappa shape index (κ2) is 10.8. The molecule has 1 aromatic rings. The summed E-state index contributed by atoms with van der Waals surface area (Å²) in [6.07, 6.45) is 5.82. The van der Waals surface area contributed by atoms with Gasteiger partial charge >= 0.3 is 0 Å². The summed E-state index contributed by atoms with van der Waals surface area (Å²) in [7, 11) is 0. The fourth-order valence-corrected chi connectivity index (χ4v) is 4.43. The lowest BCUT2D eigenvalue weighted by Crippen LogP contribution is -2.54. The van der Waals surface area contributed by atoms with Crippen molar-refractivity contribution in [1.29, 1.82) is 10.7 Å². The predicted molar refractivity (Wildman–Crippen MR) is 125 cm³/mol. The van der Waals surface area contributed by atoms with Crippen LogP contribution in [0.3, 0.4) is 0 Å². The van der Waals surface area contributed by atoms with E-state index in [0.717, 1.165) is 45.3 Å². The number of benzene rings is 1. The summed E-state index contributed by atoms with van der Waals surface area (Å²) in [4.78, 5) is 11.9. The third-order valence-corrected chi connectivity index (χ3v) is 6.51. The van der Waals surface area contributed by atoms with Crippen LogP contribution in [0.1, 0.15) is 39.0 Å². The molecule has 1 saturated carbocycles. The van der Waals surface area contributed by atoms with Crippen LogP contribution in [-0.4, -0.2) is 42.6 Å². The molecular formula is C23H31ClN6O2. The number of anilines is 1. The lowest BCUT2D eigenvalue weighted by atomic mass is 9.80. The van der Waals surface area contributed by atoms with E-state index in [4.69, 9.17) is 27.5 Å². The van der Waals surface area contributed by atoms with E-state index >= 15 is 0 Å². The molecule has 3 rings (SSSR count). The Bertz CT molecular complexity index is 889. The third kappa shape index (κ3) is 6.45. The van der Waals surface area contributed by atoms with Gasteiger partial charge in [-0.15, -0.1) is 0 Å². The fraction of sp³-hybridized carbons (Fsp3) is 0.522. The Morgan fingerprint density at radius 3 is 2.62 bits per heavy atom. The summed E-state index contributed by atoms with van der Waals surface area (Å²) < 4.78 is 5.47. The van der Waals surface area contributed by atoms with E-state index in [1.165, 1.54) is 6.20 Å². The molecule has 0 aromatic heterocycles. The van der Waals surface area contributed by atoms with Gasteiger partial charge in [-0.1, -0.05) is 11.6 Å². The van der Waals surface area contributed by atoms with Gasteiger partial charge in [0.15, 0.2) is 0 Å². The van der Waals surface area contributed by atoms with E-state index in [2.05, 4.69) is 28.9 Å². The van der Waals surface area contributed by atoms with Gasteiger partial charge in [0.2, 0.25) is 0 Å². The number of carbonyl (C=O) groups is 1. The summed E-state index contributed by atoms with van der Waals surface area (Å²) in [5.74, 6) is -1.06. The van der Waals surface area contributed by atoms with Crippen molar-refractivity contribution >= 4 is 29.0 Å². The van der Waals surface area contributed by atoms with Crippen molar-refractivity contribution in [2.45, 2.75) is 56.7 Å². The van der Waals surface area contributed by atoms with Gasteiger partial charge in [-0.05, 0) is 63.3 Å². The molecule has 2 fully saturated rings. The Kier molecular flexibility index (Phi) is 8.13. The Labute approximate surface area is 194 Å². The summed E-state index contributed by atoms with van der Waals surface area (Å²) in [5, 5.41) is 28.3. The number of hydrogen-bond donors (Lipinski definition) is 5. The predicted octanol–water partition coefficient (Wildman–Crippen LogP) is 2.91. The maximum atomic E-state index is 11.9. The van der Waals surface area contributed by atoms with Crippen LogP contribution in [0.2, 0.25) is 5.02 Å². The minimum absolute atomic E-state index is 0.0200. The topological polar surface area (TPSA) is 136 Å². The van der Waals surface area contributed by atoms with Crippen molar-refractivity contribution < 1.29 is 9.53 Å². The number of hydrogen-bond acceptors (Lipinski definition) is 6. The molecule has 1 saturated heterocycles. The van der Waals surface area contributed by atoms with E-state index in [1.54, 1.807) is 24.3 Å². The van der Waals surface area contributed by atoms with Crippen LogP contribution in [0.5, 0.6) is 0 Å². The second-order valence-electron chi connectivity index (χ2n) is 8.77. The zero-order chi connectivity index (χ0) is 23.1. The minimum atomic E-state index is -0.722.